The van der Waals surface area contributed by atoms with E-state index in [4.69, 9.17) is 0 Å². The summed E-state index contributed by atoms with van der Waals surface area (Å²) in [5.41, 5.74) is 4.13. The largest absolute Gasteiger partial charge is 0.305 e. The topological polar surface area (TPSA) is 86.8 Å². The highest BCUT2D eigenvalue weighted by molar-refractivity contribution is 6.11. The van der Waals surface area contributed by atoms with Gasteiger partial charge < -0.3 is 5.32 Å². The molecule has 0 atom stereocenters. The Morgan fingerprint density at radius 3 is 2.74 bits per heavy atom. The molecule has 7 nitrogen and oxygen atoms in total. The van der Waals surface area contributed by atoms with Crippen molar-refractivity contribution in [3.8, 4) is 11.1 Å². The summed E-state index contributed by atoms with van der Waals surface area (Å²) in [5.74, 6) is -0.616. The van der Waals surface area contributed by atoms with Gasteiger partial charge in [-0.3, -0.25) is 19.8 Å². The fraction of sp³-hybridized carbons (Fsp3) is 0.217. The molecule has 0 unspecified atom stereocenters. The molecule has 8 heteroatoms. The summed E-state index contributed by atoms with van der Waals surface area (Å²) in [6.07, 6.45) is 7.30. The third-order valence-corrected chi connectivity index (χ3v) is 5.48. The number of aromatic amines is 1. The maximum atomic E-state index is 13.1. The summed E-state index contributed by atoms with van der Waals surface area (Å²) < 4.78 is 13.1. The van der Waals surface area contributed by atoms with Gasteiger partial charge in [-0.1, -0.05) is 6.07 Å². The normalized spacial score (nSPS) is 14.2. The Kier molecular flexibility index (Phi) is 5.13. The van der Waals surface area contributed by atoms with E-state index in [0.717, 1.165) is 42.5 Å². The number of hydrogen-bond donors (Lipinski definition) is 2. The number of pyridine rings is 2. The van der Waals surface area contributed by atoms with Crippen molar-refractivity contribution in [2.24, 2.45) is 0 Å². The minimum Gasteiger partial charge on any atom is -0.305 e. The molecule has 1 aliphatic heterocycles. The van der Waals surface area contributed by atoms with Crippen molar-refractivity contribution in [3.05, 3.63) is 72.1 Å². The maximum absolute atomic E-state index is 13.1. The number of halogens is 1. The van der Waals surface area contributed by atoms with Crippen molar-refractivity contribution in [3.63, 3.8) is 0 Å². The number of anilines is 1. The van der Waals surface area contributed by atoms with Gasteiger partial charge in [0.1, 0.15) is 11.6 Å². The fourth-order valence-electron chi connectivity index (χ4n) is 3.92. The van der Waals surface area contributed by atoms with Crippen LogP contribution in [-0.4, -0.2) is 44.1 Å². The number of carbonyl (C=O) groups is 1. The highest BCUT2D eigenvalue weighted by Crippen LogP contribution is 2.26. The summed E-state index contributed by atoms with van der Waals surface area (Å²) in [6.45, 7) is 3.16. The molecule has 0 bridgehead atoms. The van der Waals surface area contributed by atoms with Gasteiger partial charge in [0.05, 0.1) is 11.7 Å². The molecule has 0 spiro atoms. The third-order valence-electron chi connectivity index (χ3n) is 5.48. The highest BCUT2D eigenvalue weighted by atomic mass is 19.1. The zero-order chi connectivity index (χ0) is 21.2. The monoisotopic (exact) mass is 416 g/mol. The zero-order valence-electron chi connectivity index (χ0n) is 16.8. The van der Waals surface area contributed by atoms with Gasteiger partial charge in [0.2, 0.25) is 0 Å². The zero-order valence-corrected chi connectivity index (χ0v) is 16.8. The molecule has 4 heterocycles. The molecular weight excluding hydrogens is 395 g/mol. The molecule has 1 fully saturated rings. The Morgan fingerprint density at radius 2 is 1.94 bits per heavy atom. The Balaban J connectivity index is 1.42. The van der Waals surface area contributed by atoms with E-state index in [-0.39, 0.29) is 11.5 Å². The van der Waals surface area contributed by atoms with Gasteiger partial charge in [0.25, 0.3) is 5.91 Å². The van der Waals surface area contributed by atoms with Gasteiger partial charge in [-0.05, 0) is 67.4 Å². The first kappa shape index (κ1) is 19.3. The Morgan fingerprint density at radius 1 is 1.06 bits per heavy atom. The summed E-state index contributed by atoms with van der Waals surface area (Å²) in [7, 11) is 0. The number of H-pyrrole nitrogens is 1. The molecule has 31 heavy (non-hydrogen) atoms. The molecule has 0 aliphatic carbocycles. The first-order valence-corrected chi connectivity index (χ1v) is 10.2. The molecule has 156 valence electrons. The van der Waals surface area contributed by atoms with Crippen molar-refractivity contribution in [2.45, 2.75) is 19.4 Å². The molecule has 1 saturated heterocycles. The van der Waals surface area contributed by atoms with E-state index in [2.05, 4.69) is 36.4 Å². The SMILES string of the molecule is O=C(Nc1ccc(F)cn1)c1n[nH]c2ccc(-c3cncc(CN4CCCC4)c3)cc12. The number of amides is 1. The van der Waals surface area contributed by atoms with Crippen LogP contribution in [0.15, 0.2) is 55.0 Å². The predicted molar refractivity (Wildman–Crippen MR) is 116 cm³/mol. The van der Waals surface area contributed by atoms with Gasteiger partial charge >= 0.3 is 0 Å². The van der Waals surface area contributed by atoms with Crippen LogP contribution >= 0.6 is 0 Å². The molecule has 0 saturated carbocycles. The van der Waals surface area contributed by atoms with E-state index in [1.807, 2.05) is 30.6 Å². The highest BCUT2D eigenvalue weighted by Gasteiger charge is 2.16. The van der Waals surface area contributed by atoms with Crippen LogP contribution in [0.3, 0.4) is 0 Å². The third kappa shape index (κ3) is 4.15. The molecule has 1 aromatic carbocycles. The predicted octanol–water partition coefficient (Wildman–Crippen LogP) is 4.01. The average molecular weight is 416 g/mol. The molecule has 1 aliphatic rings. The van der Waals surface area contributed by atoms with Gasteiger partial charge in [0, 0.05) is 29.9 Å². The van der Waals surface area contributed by atoms with E-state index >= 15 is 0 Å². The Bertz CT molecular complexity index is 1230. The number of aromatic nitrogens is 4. The standard InChI is InChI=1S/C23H21FN6O/c24-18-4-6-21(26-13-18)27-23(31)22-19-10-16(3-5-20(19)28-29-22)17-9-15(11-25-12-17)14-30-7-1-2-8-30/h3-6,9-13H,1-2,7-8,14H2,(H,28,29)(H,26,27,31). The van der Waals surface area contributed by atoms with Crippen LogP contribution in [-0.2, 0) is 6.54 Å². The summed E-state index contributed by atoms with van der Waals surface area (Å²) >= 11 is 0. The summed E-state index contributed by atoms with van der Waals surface area (Å²) in [6, 6.07) is 10.6. The lowest BCUT2D eigenvalue weighted by atomic mass is 10.0. The number of likely N-dealkylation sites (tertiary alicyclic amines) is 1. The van der Waals surface area contributed by atoms with Crippen molar-refractivity contribution < 1.29 is 9.18 Å². The molecule has 3 aromatic heterocycles. The van der Waals surface area contributed by atoms with E-state index in [1.165, 1.54) is 30.5 Å². The Labute approximate surface area is 178 Å². The molecular formula is C23H21FN6O. The number of rotatable bonds is 5. The van der Waals surface area contributed by atoms with E-state index in [9.17, 15) is 9.18 Å². The first-order valence-electron chi connectivity index (χ1n) is 10.2. The molecule has 0 radical (unpaired) electrons. The molecule has 1 amide bonds. The van der Waals surface area contributed by atoms with Crippen LogP contribution in [0.4, 0.5) is 10.2 Å². The quantitative estimate of drug-likeness (QED) is 0.513. The summed E-state index contributed by atoms with van der Waals surface area (Å²) in [4.78, 5) is 23.5. The molecule has 5 rings (SSSR count). The minimum atomic E-state index is -0.464. The summed E-state index contributed by atoms with van der Waals surface area (Å²) in [5, 5.41) is 10.4. The second-order valence-electron chi connectivity index (χ2n) is 7.71. The minimum absolute atomic E-state index is 0.254. The van der Waals surface area contributed by atoms with Crippen LogP contribution in [0.25, 0.3) is 22.0 Å². The number of fused-ring (bicyclic) bond motifs is 1. The van der Waals surface area contributed by atoms with Crippen LogP contribution in [0.5, 0.6) is 0 Å². The number of carbonyl (C=O) groups excluding carboxylic acids is 1. The van der Waals surface area contributed by atoms with Crippen molar-refractivity contribution >= 4 is 22.6 Å². The Hall–Kier alpha value is -3.65. The number of nitrogens with zero attached hydrogens (tertiary/aromatic N) is 4. The second-order valence-corrected chi connectivity index (χ2v) is 7.71. The number of hydrogen-bond acceptors (Lipinski definition) is 5. The smallest absolute Gasteiger partial charge is 0.277 e. The van der Waals surface area contributed by atoms with Crippen molar-refractivity contribution in [1.29, 1.82) is 0 Å². The van der Waals surface area contributed by atoms with Gasteiger partial charge in [-0.2, -0.15) is 5.10 Å². The van der Waals surface area contributed by atoms with E-state index in [1.54, 1.807) is 0 Å². The van der Waals surface area contributed by atoms with Crippen LogP contribution in [0.2, 0.25) is 0 Å². The molecule has 4 aromatic rings. The average Bonchev–Trinajstić information content (AvgIpc) is 3.45. The lowest BCUT2D eigenvalue weighted by Crippen LogP contribution is -2.18. The van der Waals surface area contributed by atoms with Crippen molar-refractivity contribution in [2.75, 3.05) is 18.4 Å². The van der Waals surface area contributed by atoms with Gasteiger partial charge in [0.15, 0.2) is 5.69 Å². The second kappa shape index (κ2) is 8.23. The van der Waals surface area contributed by atoms with Crippen LogP contribution in [0.1, 0.15) is 28.9 Å². The van der Waals surface area contributed by atoms with Crippen LogP contribution in [0, 0.1) is 5.82 Å². The fourth-order valence-corrected chi connectivity index (χ4v) is 3.92. The number of nitrogens with one attached hydrogen (secondary N) is 2. The van der Waals surface area contributed by atoms with Gasteiger partial charge in [-0.25, -0.2) is 9.37 Å². The van der Waals surface area contributed by atoms with Crippen molar-refractivity contribution in [1.82, 2.24) is 25.1 Å². The van der Waals surface area contributed by atoms with E-state index in [0.29, 0.717) is 5.39 Å². The maximum Gasteiger partial charge on any atom is 0.277 e. The lowest BCUT2D eigenvalue weighted by molar-refractivity contribution is 0.102. The lowest BCUT2D eigenvalue weighted by Gasteiger charge is -2.14. The first-order chi connectivity index (χ1) is 15.2. The number of benzene rings is 1. The molecule has 2 N–H and O–H groups in total. The van der Waals surface area contributed by atoms with Crippen LogP contribution < -0.4 is 5.32 Å². The van der Waals surface area contributed by atoms with E-state index < -0.39 is 11.7 Å². The van der Waals surface area contributed by atoms with Gasteiger partial charge in [-0.15, -0.1) is 0 Å².